The Morgan fingerprint density at radius 2 is 0.526 bits per heavy atom. The van der Waals surface area contributed by atoms with Crippen molar-refractivity contribution in [3.63, 3.8) is 0 Å². The van der Waals surface area contributed by atoms with E-state index in [2.05, 4.69) is 90.5 Å². The molecule has 4 N–H and O–H groups in total. The molecule has 16 bridgehead atoms. The molecule has 0 fully saturated rings. The first-order chi connectivity index (χ1) is 57.3. The molecule has 116 heavy (non-hydrogen) atoms. The summed E-state index contributed by atoms with van der Waals surface area (Å²) in [4.78, 5) is 44.3. The fraction of sp³-hybridized carbons (Fsp3) is 0.432. The lowest BCUT2D eigenvalue weighted by atomic mass is 10.0. The number of hydrogen-bond acceptors (Lipinski definition) is 26. The number of nitrogens with one attached hydrogen (secondary N) is 4. The van der Waals surface area contributed by atoms with Gasteiger partial charge in [-0.05, 0) is 134 Å². The van der Waals surface area contributed by atoms with Gasteiger partial charge in [-0.3, -0.25) is 0 Å². The van der Waals surface area contributed by atoms with Crippen LogP contribution in [0.3, 0.4) is 0 Å². The summed E-state index contributed by atoms with van der Waals surface area (Å²) in [7, 11) is 10.6. The molecule has 10 aliphatic rings. The molecule has 614 valence electrons. The van der Waals surface area contributed by atoms with Crippen molar-refractivity contribution in [1.82, 2.24) is 30.4 Å². The summed E-state index contributed by atoms with van der Waals surface area (Å²) in [6.07, 6.45) is 34.0. The van der Waals surface area contributed by atoms with Gasteiger partial charge in [0.15, 0.2) is 0 Å². The molecule has 28 heteroatoms. The number of methoxy groups -OCH3 is 4. The minimum Gasteiger partial charge on any atom is -0.382 e. The van der Waals surface area contributed by atoms with Crippen LogP contribution in [0.25, 0.3) is 22.3 Å². The highest BCUT2D eigenvalue weighted by molar-refractivity contribution is 6.32. The summed E-state index contributed by atoms with van der Waals surface area (Å²) < 4.78 is 91.3. The van der Waals surface area contributed by atoms with E-state index in [-0.39, 0.29) is 0 Å². The summed E-state index contributed by atoms with van der Waals surface area (Å²) in [5.41, 5.74) is 18.2. The van der Waals surface area contributed by atoms with Gasteiger partial charge in [0, 0.05) is 114 Å². The number of rotatable bonds is 48. The Morgan fingerprint density at radius 3 is 0.836 bits per heavy atom. The van der Waals surface area contributed by atoms with Gasteiger partial charge in [-0.25, -0.2) is 30.0 Å². The highest BCUT2D eigenvalue weighted by Gasteiger charge is 2.30. The fourth-order valence-corrected chi connectivity index (χ4v) is 13.2. The zero-order valence-corrected chi connectivity index (χ0v) is 67.3. The van der Waals surface area contributed by atoms with Crippen molar-refractivity contribution in [2.24, 2.45) is 30.0 Å². The zero-order chi connectivity index (χ0) is 80.1. The van der Waals surface area contributed by atoms with E-state index in [1.54, 1.807) is 28.4 Å². The van der Waals surface area contributed by atoms with Gasteiger partial charge in [-0.2, -0.15) is 0 Å². The van der Waals surface area contributed by atoms with E-state index in [9.17, 15) is 0 Å². The highest BCUT2D eigenvalue weighted by atomic mass is 16.6. The van der Waals surface area contributed by atoms with Gasteiger partial charge in [-0.15, -0.1) is 0 Å². The average Bonchev–Trinajstić information content (AvgIpc) is 1.63. The van der Waals surface area contributed by atoms with Crippen LogP contribution in [0.4, 0.5) is 0 Å². The predicted octanol–water partition coefficient (Wildman–Crippen LogP) is 9.28. The molecule has 0 saturated carbocycles. The fourth-order valence-electron chi connectivity index (χ4n) is 13.2. The second-order valence-corrected chi connectivity index (χ2v) is 26.9. The van der Waals surface area contributed by atoms with Crippen LogP contribution in [0, 0.1) is 23.7 Å². The van der Waals surface area contributed by atoms with Crippen molar-refractivity contribution in [1.29, 1.82) is 0 Å². The summed E-state index contributed by atoms with van der Waals surface area (Å²) in [5, 5.41) is 6.97. The van der Waals surface area contributed by atoms with E-state index in [1.165, 1.54) is 0 Å². The lowest BCUT2D eigenvalue weighted by Gasteiger charge is -2.17. The minimum atomic E-state index is 0.368. The van der Waals surface area contributed by atoms with Gasteiger partial charge in [-0.1, -0.05) is 0 Å². The average molecular weight is 1590 g/mol. The molecule has 10 aliphatic heterocycles. The highest BCUT2D eigenvalue weighted by Crippen LogP contribution is 2.38. The van der Waals surface area contributed by atoms with Crippen molar-refractivity contribution >= 4 is 56.6 Å². The molecule has 12 rings (SSSR count). The molecule has 12 heterocycles. The number of aromatic nitrogens is 2. The number of hydrogen-bond donors (Lipinski definition) is 4. The minimum absolute atomic E-state index is 0.368. The van der Waals surface area contributed by atoms with Gasteiger partial charge in [0.2, 0.25) is 0 Å². The number of fused-ring (bicyclic) bond motifs is 10. The monoisotopic (exact) mass is 1590 g/mol. The Labute approximate surface area is 679 Å². The van der Waals surface area contributed by atoms with E-state index in [0.29, 0.717) is 256 Å². The van der Waals surface area contributed by atoms with E-state index in [4.69, 9.17) is 106 Å². The van der Waals surface area contributed by atoms with Crippen LogP contribution < -0.4 is 10.6 Å². The van der Waals surface area contributed by atoms with Crippen LogP contribution in [0.1, 0.15) is 48.5 Å². The third-order valence-corrected chi connectivity index (χ3v) is 19.1. The van der Waals surface area contributed by atoms with E-state index in [0.717, 1.165) is 102 Å². The number of H-pyrrole nitrogens is 2. The molecule has 28 nitrogen and oxygen atoms in total. The topological polar surface area (TPSA) is 284 Å². The molecule has 0 spiro atoms. The van der Waals surface area contributed by atoms with Crippen LogP contribution in [0.2, 0.25) is 0 Å². The van der Waals surface area contributed by atoms with Crippen LogP contribution in [0.15, 0.2) is 220 Å². The van der Waals surface area contributed by atoms with Crippen LogP contribution in [-0.2, 0) is 75.8 Å². The zero-order valence-electron chi connectivity index (χ0n) is 67.3. The number of ether oxygens (including phenoxy) is 16. The quantitative estimate of drug-likeness (QED) is 0.0354. The van der Waals surface area contributed by atoms with Crippen molar-refractivity contribution in [3.8, 4) is 23.7 Å². The standard InChI is InChI=1S/C88H106N12O16/c1-99-33-31-89-87(99)85-81-23-19-77(95-81)65(27-35-105-47-51-113-59-55-109-43-39-101-3)73-15-11-69(91-73)63(70-12-16-74(92-70)66(78-20-24-82(85)96-78)28-36-106-48-52-114-60-56-110-44-40-102-4)9-7-8-10-64-71-13-17-75(93-71)67(29-37-107-49-53-115-61-57-111-45-41-103-5)79-21-25-83(97-79)86(88-90-32-34-100(88)2)84-26-22-80(98-84)68(76-18-14-72(64)94-76)30-38-108-50-54-116-62-58-112-46-42-104-6/h11-26,31-34,89-90,95,97H,27-30,35-62H2,1-6H3/b70-63?,72-64?,73-65?,75-67?,78-66?,80-68?,87-85+,88-86+. The Kier molecular flexibility index (Phi) is 34.4. The molecule has 0 aromatic carbocycles. The molecular weight excluding hydrogens is 1480 g/mol. The largest absolute Gasteiger partial charge is 0.382 e. The Bertz CT molecular complexity index is 4350. The Morgan fingerprint density at radius 1 is 0.276 bits per heavy atom. The van der Waals surface area contributed by atoms with Crippen molar-refractivity contribution < 1.29 is 75.8 Å². The molecule has 0 unspecified atom stereocenters. The number of aromatic amines is 2. The Balaban J connectivity index is 0.918. The lowest BCUT2D eigenvalue weighted by Crippen LogP contribution is -2.19. The molecule has 0 amide bonds. The number of aliphatic imine (C=N–C) groups is 6. The third kappa shape index (κ3) is 24.4. The van der Waals surface area contributed by atoms with Crippen molar-refractivity contribution in [3.05, 3.63) is 213 Å². The molecule has 2 aromatic rings. The molecule has 0 aliphatic carbocycles. The Hall–Kier alpha value is -9.90. The third-order valence-electron chi connectivity index (χ3n) is 19.1. The summed E-state index contributed by atoms with van der Waals surface area (Å²) in [6, 6.07) is 8.35. The van der Waals surface area contributed by atoms with Crippen molar-refractivity contribution in [2.45, 2.75) is 25.7 Å². The normalized spacial score (nSPS) is 18.3. The van der Waals surface area contributed by atoms with Gasteiger partial charge in [0.25, 0.3) is 0 Å². The maximum atomic E-state index is 6.28. The van der Waals surface area contributed by atoms with Gasteiger partial charge in [0.1, 0.15) is 11.6 Å². The number of nitrogens with zero attached hydrogens (tertiary/aromatic N) is 8. The number of allylic oxidation sites excluding steroid dienone is 16. The van der Waals surface area contributed by atoms with Gasteiger partial charge >= 0.3 is 0 Å². The lowest BCUT2D eigenvalue weighted by molar-refractivity contribution is 0.00414. The summed E-state index contributed by atoms with van der Waals surface area (Å²) >= 11 is 0. The summed E-state index contributed by atoms with van der Waals surface area (Å²) in [6.45, 7) is 12.4. The van der Waals surface area contributed by atoms with Gasteiger partial charge < -0.3 is 106 Å². The van der Waals surface area contributed by atoms with Crippen molar-refractivity contribution in [2.75, 3.05) is 228 Å². The van der Waals surface area contributed by atoms with Crippen LogP contribution in [-0.4, -0.2) is 282 Å². The van der Waals surface area contributed by atoms with Gasteiger partial charge in [0.05, 0.1) is 287 Å². The van der Waals surface area contributed by atoms with E-state index >= 15 is 0 Å². The first-order valence-corrected chi connectivity index (χ1v) is 39.5. The molecular formula is C88H106N12O16. The maximum absolute atomic E-state index is 6.28. The first-order valence-electron chi connectivity index (χ1n) is 39.5. The first kappa shape index (κ1) is 85.5. The molecule has 0 radical (unpaired) electrons. The van der Waals surface area contributed by atoms with Crippen LogP contribution >= 0.6 is 0 Å². The molecule has 2 aromatic heterocycles. The summed E-state index contributed by atoms with van der Waals surface area (Å²) in [5.74, 6) is 15.3. The van der Waals surface area contributed by atoms with Crippen LogP contribution in [0.5, 0.6) is 0 Å². The predicted molar refractivity (Wildman–Crippen MR) is 448 cm³/mol. The second kappa shape index (κ2) is 46.7. The SMILES string of the molecule is COCCOCCOCCOCCC1=C2C=CC(=N2)/C(=C2\NC=CN2C)c2ccc([nH]2)C(CCOCCOCCOCCOC)=C2C=CC(=N2)C(C#CC#CC2=C3C=CC(=N3)C(CCOCCOCCOCCOC)=C3C=CC(=N3)/C(=C3\NC=CN3C)c3ccc([nH]3)C(CCOCCOCCOCCOC)=C3C=CC2=N3)=C2C=CC1=N2. The molecule has 0 saturated heterocycles. The van der Waals surface area contributed by atoms with E-state index < -0.39 is 0 Å². The maximum Gasteiger partial charge on any atom is 0.121 e. The molecule has 0 atom stereocenters. The van der Waals surface area contributed by atoms with E-state index in [1.807, 2.05) is 99.7 Å². The smallest absolute Gasteiger partial charge is 0.121 e. The second-order valence-electron chi connectivity index (χ2n) is 26.9.